The second-order valence-corrected chi connectivity index (χ2v) is 14.4. The Morgan fingerprint density at radius 1 is 0.976 bits per heavy atom. The number of piperidine rings is 1. The summed E-state index contributed by atoms with van der Waals surface area (Å²) in [4.78, 5) is 15.6. The number of nitrogens with two attached hydrogens (primary N) is 1. The Kier molecular flexibility index (Phi) is 8.21. The third kappa shape index (κ3) is 6.32. The van der Waals surface area contributed by atoms with Crippen LogP contribution in [-0.2, 0) is 19.9 Å². The highest BCUT2D eigenvalue weighted by Gasteiger charge is 2.30. The van der Waals surface area contributed by atoms with Crippen LogP contribution in [0.25, 0.3) is 22.0 Å². The van der Waals surface area contributed by atoms with Crippen LogP contribution in [0.15, 0.2) is 77.8 Å². The first kappa shape index (κ1) is 28.8. The molecule has 0 unspecified atom stereocenters. The number of primary amides is 1. The number of hydrogen-bond acceptors (Lipinski definition) is 6. The highest BCUT2D eigenvalue weighted by Crippen LogP contribution is 2.37. The molecule has 0 spiro atoms. The van der Waals surface area contributed by atoms with Crippen molar-refractivity contribution in [1.82, 2.24) is 9.29 Å². The summed E-state index contributed by atoms with van der Waals surface area (Å²) in [5.74, 6) is -0.251. The van der Waals surface area contributed by atoms with Gasteiger partial charge in [0.1, 0.15) is 10.6 Å². The molecule has 3 aromatic carbocycles. The van der Waals surface area contributed by atoms with Gasteiger partial charge in [-0.1, -0.05) is 42.5 Å². The third-order valence-corrected chi connectivity index (χ3v) is 10.6. The molecule has 9 nitrogen and oxygen atoms in total. The Bertz CT molecular complexity index is 1780. The Morgan fingerprint density at radius 3 is 2.34 bits per heavy atom. The van der Waals surface area contributed by atoms with Crippen LogP contribution in [0.5, 0.6) is 5.75 Å². The normalized spacial score (nSPS) is 15.2. The van der Waals surface area contributed by atoms with Crippen LogP contribution in [0.1, 0.15) is 41.1 Å². The van der Waals surface area contributed by atoms with E-state index in [-0.39, 0.29) is 35.3 Å². The van der Waals surface area contributed by atoms with E-state index >= 15 is 0 Å². The molecule has 0 saturated carbocycles. The van der Waals surface area contributed by atoms with Crippen LogP contribution in [0.2, 0.25) is 0 Å². The Labute approximate surface area is 240 Å². The SMILES string of the molecule is CS(=O)(=O)c1ccccc1OCCCS(=O)(=O)N1CCC(c2c[nH]c3c(C(N)=O)cc(-c4ccccc4)cc23)CC1. The van der Waals surface area contributed by atoms with Gasteiger partial charge in [0.2, 0.25) is 10.0 Å². The minimum atomic E-state index is -3.51. The number of amides is 1. The molecule has 0 aliphatic carbocycles. The summed E-state index contributed by atoms with van der Waals surface area (Å²) in [5, 5.41) is 0.924. The molecule has 1 aliphatic heterocycles. The number of fused-ring (bicyclic) bond motifs is 1. The van der Waals surface area contributed by atoms with Crippen LogP contribution in [-0.4, -0.2) is 63.7 Å². The van der Waals surface area contributed by atoms with E-state index in [9.17, 15) is 21.6 Å². The lowest BCUT2D eigenvalue weighted by Crippen LogP contribution is -2.39. The fourth-order valence-electron chi connectivity index (χ4n) is 5.46. The topological polar surface area (TPSA) is 140 Å². The summed E-state index contributed by atoms with van der Waals surface area (Å²) in [6.07, 6.45) is 4.55. The molecule has 4 aromatic rings. The Hall–Kier alpha value is -3.67. The van der Waals surface area contributed by atoms with Gasteiger partial charge in [-0.15, -0.1) is 0 Å². The van der Waals surface area contributed by atoms with Crippen molar-refractivity contribution in [2.24, 2.45) is 5.73 Å². The number of H-pyrrole nitrogens is 1. The molecule has 1 saturated heterocycles. The van der Waals surface area contributed by atoms with Crippen LogP contribution in [0, 0.1) is 0 Å². The number of nitrogens with zero attached hydrogens (tertiary/aromatic N) is 1. The highest BCUT2D eigenvalue weighted by atomic mass is 32.2. The fourth-order valence-corrected chi connectivity index (χ4v) is 7.78. The molecular weight excluding hydrogens is 562 g/mol. The number of sulfonamides is 1. The molecule has 1 amide bonds. The predicted octanol–water partition coefficient (Wildman–Crippen LogP) is 4.32. The van der Waals surface area contributed by atoms with Gasteiger partial charge in [-0.25, -0.2) is 21.1 Å². The predicted molar refractivity (Wildman–Crippen MR) is 159 cm³/mol. The van der Waals surface area contributed by atoms with Gasteiger partial charge in [0.15, 0.2) is 9.84 Å². The van der Waals surface area contributed by atoms with Gasteiger partial charge in [-0.3, -0.25) is 4.79 Å². The van der Waals surface area contributed by atoms with Crippen molar-refractivity contribution < 1.29 is 26.4 Å². The maximum Gasteiger partial charge on any atom is 0.250 e. The lowest BCUT2D eigenvalue weighted by atomic mass is 9.88. The summed E-state index contributed by atoms with van der Waals surface area (Å²) in [5.41, 5.74) is 9.77. The minimum absolute atomic E-state index is 0.0843. The average molecular weight is 596 g/mol. The van der Waals surface area contributed by atoms with E-state index in [2.05, 4.69) is 11.1 Å². The lowest BCUT2D eigenvalue weighted by molar-refractivity contribution is 0.100. The van der Waals surface area contributed by atoms with Gasteiger partial charge in [0.05, 0.1) is 23.4 Å². The summed E-state index contributed by atoms with van der Waals surface area (Å²) in [6.45, 7) is 0.862. The number of ether oxygens (including phenoxy) is 1. The number of rotatable bonds is 10. The maximum atomic E-state index is 13.1. The van der Waals surface area contributed by atoms with Crippen LogP contribution in [0.4, 0.5) is 0 Å². The molecule has 1 aliphatic rings. The monoisotopic (exact) mass is 595 g/mol. The second-order valence-electron chi connectivity index (χ2n) is 10.3. The van der Waals surface area contributed by atoms with Gasteiger partial charge < -0.3 is 15.5 Å². The number of aromatic nitrogens is 1. The van der Waals surface area contributed by atoms with Crippen LogP contribution < -0.4 is 10.5 Å². The van der Waals surface area contributed by atoms with E-state index in [1.807, 2.05) is 36.5 Å². The molecular formula is C30H33N3O6S2. The van der Waals surface area contributed by atoms with Crippen LogP contribution in [0.3, 0.4) is 0 Å². The number of hydrogen-bond donors (Lipinski definition) is 2. The molecule has 11 heteroatoms. The summed E-state index contributed by atoms with van der Waals surface area (Å²) < 4.78 is 57.2. The van der Waals surface area contributed by atoms with E-state index in [1.165, 1.54) is 10.4 Å². The molecule has 1 fully saturated rings. The van der Waals surface area contributed by atoms with E-state index in [1.54, 1.807) is 24.3 Å². The molecule has 0 radical (unpaired) electrons. The van der Waals surface area contributed by atoms with E-state index in [4.69, 9.17) is 10.5 Å². The van der Waals surface area contributed by atoms with E-state index < -0.39 is 25.8 Å². The van der Waals surface area contributed by atoms with Crippen molar-refractivity contribution in [3.63, 3.8) is 0 Å². The molecule has 0 bridgehead atoms. The smallest absolute Gasteiger partial charge is 0.250 e. The molecule has 3 N–H and O–H groups in total. The summed E-state index contributed by atoms with van der Waals surface area (Å²) in [6, 6.07) is 20.0. The van der Waals surface area contributed by atoms with Crippen molar-refractivity contribution in [3.8, 4) is 16.9 Å². The van der Waals surface area contributed by atoms with Crippen molar-refractivity contribution >= 4 is 36.7 Å². The zero-order chi connectivity index (χ0) is 29.2. The van der Waals surface area contributed by atoms with Crippen molar-refractivity contribution in [2.75, 3.05) is 31.7 Å². The highest BCUT2D eigenvalue weighted by molar-refractivity contribution is 7.90. The number of carbonyl (C=O) groups excluding carboxylic acids is 1. The average Bonchev–Trinajstić information content (AvgIpc) is 3.39. The quantitative estimate of drug-likeness (QED) is 0.262. The summed E-state index contributed by atoms with van der Waals surface area (Å²) >= 11 is 0. The van der Waals surface area contributed by atoms with Crippen LogP contribution >= 0.6 is 0 Å². The van der Waals surface area contributed by atoms with Crippen molar-refractivity contribution in [2.45, 2.75) is 30.1 Å². The first-order valence-electron chi connectivity index (χ1n) is 13.4. The number of carbonyl (C=O) groups is 1. The standard InChI is InChI=1S/C30H33N3O6S2/c1-40(35,36)28-11-6-5-10-27(28)39-16-7-17-41(37,38)33-14-12-22(13-15-33)26-20-32-29-24(26)18-23(19-25(29)30(31)34)21-8-3-2-4-9-21/h2-6,8-11,18-20,22,32H,7,12-17H2,1H3,(H2,31,34). The van der Waals surface area contributed by atoms with Gasteiger partial charge >= 0.3 is 0 Å². The fraction of sp³-hybridized carbons (Fsp3) is 0.300. The molecule has 1 aromatic heterocycles. The number of nitrogens with one attached hydrogen (secondary N) is 1. The van der Waals surface area contributed by atoms with Gasteiger partial charge in [0.25, 0.3) is 5.91 Å². The lowest BCUT2D eigenvalue weighted by Gasteiger charge is -2.31. The zero-order valence-electron chi connectivity index (χ0n) is 22.7. The third-order valence-electron chi connectivity index (χ3n) is 7.53. The number of para-hydroxylation sites is 1. The molecule has 5 rings (SSSR count). The van der Waals surface area contributed by atoms with Gasteiger partial charge in [-0.2, -0.15) is 0 Å². The zero-order valence-corrected chi connectivity index (χ0v) is 24.4. The first-order chi connectivity index (χ1) is 19.5. The van der Waals surface area contributed by atoms with Gasteiger partial charge in [0, 0.05) is 30.9 Å². The van der Waals surface area contributed by atoms with Gasteiger partial charge in [-0.05, 0) is 66.1 Å². The van der Waals surface area contributed by atoms with E-state index in [0.717, 1.165) is 28.3 Å². The summed E-state index contributed by atoms with van der Waals surface area (Å²) in [7, 11) is -6.96. The number of sulfone groups is 1. The Morgan fingerprint density at radius 2 is 1.66 bits per heavy atom. The maximum absolute atomic E-state index is 13.1. The minimum Gasteiger partial charge on any atom is -0.492 e. The Balaban J connectivity index is 1.24. The molecule has 2 heterocycles. The number of aromatic amines is 1. The van der Waals surface area contributed by atoms with E-state index in [0.29, 0.717) is 37.0 Å². The largest absolute Gasteiger partial charge is 0.492 e. The molecule has 216 valence electrons. The second kappa shape index (κ2) is 11.7. The molecule has 41 heavy (non-hydrogen) atoms. The molecule has 0 atom stereocenters. The number of benzene rings is 3. The first-order valence-corrected chi connectivity index (χ1v) is 16.9. The van der Waals surface area contributed by atoms with Crippen molar-refractivity contribution in [1.29, 1.82) is 0 Å². The van der Waals surface area contributed by atoms with Crippen molar-refractivity contribution in [3.05, 3.63) is 84.1 Å².